The Bertz CT molecular complexity index is 477. The van der Waals surface area contributed by atoms with Gasteiger partial charge in [-0.25, -0.2) is 0 Å². The van der Waals surface area contributed by atoms with E-state index in [9.17, 15) is 4.79 Å². The summed E-state index contributed by atoms with van der Waals surface area (Å²) in [7, 11) is 0. The molecule has 0 saturated heterocycles. The lowest BCUT2D eigenvalue weighted by molar-refractivity contribution is 0.108. The number of thiophene rings is 1. The van der Waals surface area contributed by atoms with Crippen molar-refractivity contribution < 1.29 is 4.79 Å². The van der Waals surface area contributed by atoms with Crippen LogP contribution in [0.3, 0.4) is 0 Å². The third kappa shape index (κ3) is 1.77. The van der Waals surface area contributed by atoms with E-state index < -0.39 is 5.24 Å². The van der Waals surface area contributed by atoms with Crippen LogP contribution >= 0.6 is 38.9 Å². The first-order valence-corrected chi connectivity index (χ1v) is 5.54. The van der Waals surface area contributed by atoms with Gasteiger partial charge in [0, 0.05) is 9.17 Å². The first kappa shape index (κ1) is 9.19. The molecular formula is C9H4BrClOS. The van der Waals surface area contributed by atoms with E-state index in [0.717, 1.165) is 14.6 Å². The summed E-state index contributed by atoms with van der Waals surface area (Å²) < 4.78 is 2.08. The monoisotopic (exact) mass is 274 g/mol. The topological polar surface area (TPSA) is 17.1 Å². The summed E-state index contributed by atoms with van der Waals surface area (Å²) in [6, 6.07) is 7.68. The van der Waals surface area contributed by atoms with E-state index in [1.165, 1.54) is 11.3 Å². The summed E-state index contributed by atoms with van der Waals surface area (Å²) >= 11 is 10.2. The second-order valence-corrected chi connectivity index (χ2v) is 4.91. The minimum Gasteiger partial charge on any atom is -0.275 e. The Morgan fingerprint density at radius 3 is 2.85 bits per heavy atom. The maximum atomic E-state index is 10.9. The summed E-state index contributed by atoms with van der Waals surface area (Å²) in [5, 5.41) is 0.653. The van der Waals surface area contributed by atoms with Crippen LogP contribution in [0.1, 0.15) is 9.67 Å². The zero-order chi connectivity index (χ0) is 9.42. The molecule has 0 fully saturated rings. The van der Waals surface area contributed by atoms with Crippen molar-refractivity contribution >= 4 is 54.2 Å². The fraction of sp³-hybridized carbons (Fsp3) is 0. The Kier molecular flexibility index (Phi) is 2.41. The van der Waals surface area contributed by atoms with Gasteiger partial charge in [0.15, 0.2) is 0 Å². The normalized spacial score (nSPS) is 10.6. The van der Waals surface area contributed by atoms with E-state index in [0.29, 0.717) is 4.88 Å². The van der Waals surface area contributed by atoms with E-state index in [-0.39, 0.29) is 0 Å². The molecule has 0 aliphatic carbocycles. The second-order valence-electron chi connectivity index (χ2n) is 2.57. The number of benzene rings is 1. The number of halogens is 2. The lowest BCUT2D eigenvalue weighted by Gasteiger charge is -1.88. The Hall–Kier alpha value is -0.380. The van der Waals surface area contributed by atoms with Crippen LogP contribution in [0.2, 0.25) is 0 Å². The molecule has 66 valence electrons. The molecule has 2 rings (SSSR count). The molecule has 1 nitrogen and oxygen atoms in total. The Morgan fingerprint density at radius 2 is 2.15 bits per heavy atom. The number of carbonyl (C=O) groups is 1. The molecule has 0 amide bonds. The van der Waals surface area contributed by atoms with Gasteiger partial charge in [0.25, 0.3) is 5.24 Å². The molecule has 1 aromatic heterocycles. The Balaban J connectivity index is 2.68. The van der Waals surface area contributed by atoms with Crippen LogP contribution in [0, 0.1) is 0 Å². The quantitative estimate of drug-likeness (QED) is 0.718. The van der Waals surface area contributed by atoms with E-state index in [1.807, 2.05) is 18.2 Å². The van der Waals surface area contributed by atoms with Gasteiger partial charge in [-0.05, 0) is 41.3 Å². The molecule has 0 spiro atoms. The predicted octanol–water partition coefficient (Wildman–Crippen LogP) is 4.04. The third-order valence-corrected chi connectivity index (χ3v) is 3.60. The molecule has 0 bridgehead atoms. The molecule has 0 unspecified atom stereocenters. The highest BCUT2D eigenvalue weighted by Gasteiger charge is 2.06. The van der Waals surface area contributed by atoms with Crippen LogP contribution < -0.4 is 0 Å². The van der Waals surface area contributed by atoms with Gasteiger partial charge < -0.3 is 0 Å². The fourth-order valence-electron chi connectivity index (χ4n) is 1.11. The Labute approximate surface area is 92.5 Å². The van der Waals surface area contributed by atoms with Gasteiger partial charge >= 0.3 is 0 Å². The maximum Gasteiger partial charge on any atom is 0.262 e. The number of fused-ring (bicyclic) bond motifs is 1. The lowest BCUT2D eigenvalue weighted by Crippen LogP contribution is -1.78. The molecule has 0 aliphatic heterocycles. The molecule has 1 heterocycles. The van der Waals surface area contributed by atoms with Crippen molar-refractivity contribution in [3.8, 4) is 0 Å². The number of hydrogen-bond donors (Lipinski definition) is 0. The van der Waals surface area contributed by atoms with Crippen LogP contribution in [0.5, 0.6) is 0 Å². The minimum atomic E-state index is -0.391. The molecule has 0 atom stereocenters. The molecule has 13 heavy (non-hydrogen) atoms. The van der Waals surface area contributed by atoms with E-state index >= 15 is 0 Å². The smallest absolute Gasteiger partial charge is 0.262 e. The first-order valence-electron chi connectivity index (χ1n) is 3.56. The van der Waals surface area contributed by atoms with Gasteiger partial charge in [-0.15, -0.1) is 11.3 Å². The van der Waals surface area contributed by atoms with E-state index in [1.54, 1.807) is 6.07 Å². The van der Waals surface area contributed by atoms with Gasteiger partial charge in [0.2, 0.25) is 0 Å². The summed E-state index contributed by atoms with van der Waals surface area (Å²) in [4.78, 5) is 11.5. The summed E-state index contributed by atoms with van der Waals surface area (Å²) in [6.45, 7) is 0. The van der Waals surface area contributed by atoms with Crippen molar-refractivity contribution in [1.29, 1.82) is 0 Å². The second kappa shape index (κ2) is 3.40. The van der Waals surface area contributed by atoms with Crippen LogP contribution in [-0.2, 0) is 0 Å². The van der Waals surface area contributed by atoms with E-state index in [4.69, 9.17) is 11.6 Å². The van der Waals surface area contributed by atoms with Crippen LogP contribution in [0.25, 0.3) is 10.1 Å². The number of hydrogen-bond acceptors (Lipinski definition) is 2. The van der Waals surface area contributed by atoms with Gasteiger partial charge in [0.05, 0.1) is 4.88 Å². The van der Waals surface area contributed by atoms with Crippen molar-refractivity contribution in [3.63, 3.8) is 0 Å². The van der Waals surface area contributed by atoms with Crippen molar-refractivity contribution in [2.24, 2.45) is 0 Å². The van der Waals surface area contributed by atoms with Crippen molar-refractivity contribution in [2.45, 2.75) is 0 Å². The molecule has 0 saturated carbocycles. The molecular weight excluding hydrogens is 272 g/mol. The van der Waals surface area contributed by atoms with E-state index in [2.05, 4.69) is 15.9 Å². The van der Waals surface area contributed by atoms with Gasteiger partial charge in [-0.2, -0.15) is 0 Å². The highest BCUT2D eigenvalue weighted by atomic mass is 79.9. The average molecular weight is 276 g/mol. The highest BCUT2D eigenvalue weighted by molar-refractivity contribution is 9.10. The van der Waals surface area contributed by atoms with Gasteiger partial charge in [-0.3, -0.25) is 4.79 Å². The van der Waals surface area contributed by atoms with Crippen LogP contribution in [0.4, 0.5) is 0 Å². The van der Waals surface area contributed by atoms with Crippen molar-refractivity contribution in [3.05, 3.63) is 33.6 Å². The third-order valence-electron chi connectivity index (χ3n) is 1.67. The molecule has 0 radical (unpaired) electrons. The first-order chi connectivity index (χ1) is 6.16. The van der Waals surface area contributed by atoms with Gasteiger partial charge in [0.1, 0.15) is 0 Å². The maximum absolute atomic E-state index is 10.9. The fourth-order valence-corrected chi connectivity index (χ4v) is 2.53. The van der Waals surface area contributed by atoms with Crippen LogP contribution in [-0.4, -0.2) is 5.24 Å². The lowest BCUT2D eigenvalue weighted by atomic mass is 10.2. The summed E-state index contributed by atoms with van der Waals surface area (Å²) in [5.41, 5.74) is 0. The molecule has 0 aliphatic rings. The van der Waals surface area contributed by atoms with Crippen molar-refractivity contribution in [1.82, 2.24) is 0 Å². The zero-order valence-electron chi connectivity index (χ0n) is 6.38. The SMILES string of the molecule is O=C(Cl)c1cc2cc(Br)ccc2s1. The Morgan fingerprint density at radius 1 is 1.38 bits per heavy atom. The minimum absolute atomic E-state index is 0.391. The predicted molar refractivity (Wildman–Crippen MR) is 59.7 cm³/mol. The zero-order valence-corrected chi connectivity index (χ0v) is 9.54. The highest BCUT2D eigenvalue weighted by Crippen LogP contribution is 2.28. The largest absolute Gasteiger partial charge is 0.275 e. The van der Waals surface area contributed by atoms with Crippen molar-refractivity contribution in [2.75, 3.05) is 0 Å². The molecule has 1 aromatic carbocycles. The van der Waals surface area contributed by atoms with Crippen LogP contribution in [0.15, 0.2) is 28.7 Å². The molecule has 4 heteroatoms. The molecule has 0 N–H and O–H groups in total. The number of carbonyl (C=O) groups excluding carboxylic acids is 1. The number of rotatable bonds is 1. The average Bonchev–Trinajstić information content (AvgIpc) is 2.46. The standard InChI is InChI=1S/C9H4BrClOS/c10-6-1-2-7-5(3-6)4-8(13-7)9(11)12/h1-4H. The summed E-state index contributed by atoms with van der Waals surface area (Å²) in [6.07, 6.45) is 0. The molecule has 2 aromatic rings. The summed E-state index contributed by atoms with van der Waals surface area (Å²) in [5.74, 6) is 0. The van der Waals surface area contributed by atoms with Gasteiger partial charge in [-0.1, -0.05) is 15.9 Å².